The maximum atomic E-state index is 11.4. The van der Waals surface area contributed by atoms with Gasteiger partial charge in [0.1, 0.15) is 11.3 Å². The predicted molar refractivity (Wildman–Crippen MR) is 69.0 cm³/mol. The Hall–Kier alpha value is -2.11. The van der Waals surface area contributed by atoms with Crippen molar-refractivity contribution in [3.05, 3.63) is 23.7 Å². The largest absolute Gasteiger partial charge is 0.477 e. The van der Waals surface area contributed by atoms with Gasteiger partial charge < -0.3 is 9.63 Å². The van der Waals surface area contributed by atoms with Crippen LogP contribution in [0.5, 0.6) is 0 Å². The molecule has 0 amide bonds. The van der Waals surface area contributed by atoms with Gasteiger partial charge in [-0.1, -0.05) is 19.0 Å². The van der Waals surface area contributed by atoms with Crippen LogP contribution in [-0.4, -0.2) is 26.0 Å². The molecule has 0 aliphatic rings. The van der Waals surface area contributed by atoms with Crippen molar-refractivity contribution in [1.82, 2.24) is 14.9 Å². The molecule has 0 unspecified atom stereocenters. The van der Waals surface area contributed by atoms with Crippen molar-refractivity contribution in [3.8, 4) is 11.3 Å². The van der Waals surface area contributed by atoms with Crippen molar-refractivity contribution < 1.29 is 14.4 Å². The second kappa shape index (κ2) is 5.69. The lowest BCUT2D eigenvalue weighted by atomic mass is 10.1. The van der Waals surface area contributed by atoms with Crippen molar-refractivity contribution in [1.29, 1.82) is 0 Å². The number of nitrogens with zero attached hydrogens (tertiary/aromatic N) is 3. The summed E-state index contributed by atoms with van der Waals surface area (Å²) in [4.78, 5) is 11.4. The van der Waals surface area contributed by atoms with Gasteiger partial charge >= 0.3 is 5.97 Å². The smallest absolute Gasteiger partial charge is 0.341 e. The fourth-order valence-corrected chi connectivity index (χ4v) is 1.98. The van der Waals surface area contributed by atoms with Crippen molar-refractivity contribution in [2.75, 3.05) is 0 Å². The lowest BCUT2D eigenvalue weighted by Gasteiger charge is -1.96. The predicted octanol–water partition coefficient (Wildman–Crippen LogP) is 2.60. The summed E-state index contributed by atoms with van der Waals surface area (Å²) in [6.45, 7) is 4.81. The van der Waals surface area contributed by atoms with E-state index < -0.39 is 5.97 Å². The van der Waals surface area contributed by atoms with E-state index >= 15 is 0 Å². The summed E-state index contributed by atoms with van der Waals surface area (Å²) in [7, 11) is 0. The summed E-state index contributed by atoms with van der Waals surface area (Å²) in [5.41, 5.74) is 1.19. The number of aryl methyl sites for hydroxylation is 2. The van der Waals surface area contributed by atoms with E-state index in [1.54, 1.807) is 17.1 Å². The number of carbonyl (C=O) groups is 1. The van der Waals surface area contributed by atoms with Gasteiger partial charge in [-0.05, 0) is 12.8 Å². The molecule has 2 rings (SSSR count). The van der Waals surface area contributed by atoms with Gasteiger partial charge in [0.15, 0.2) is 5.76 Å². The van der Waals surface area contributed by atoms with E-state index in [2.05, 4.69) is 17.2 Å². The number of carboxylic acids is 1. The monoisotopic (exact) mass is 263 g/mol. The Labute approximate surface area is 111 Å². The highest BCUT2D eigenvalue weighted by molar-refractivity contribution is 5.95. The Bertz CT molecular complexity index is 571. The van der Waals surface area contributed by atoms with E-state index in [9.17, 15) is 9.90 Å². The Morgan fingerprint density at radius 3 is 2.84 bits per heavy atom. The highest BCUT2D eigenvalue weighted by atomic mass is 16.5. The molecule has 0 aliphatic carbocycles. The molecule has 2 aromatic heterocycles. The van der Waals surface area contributed by atoms with E-state index in [1.807, 2.05) is 6.92 Å². The Kier molecular flexibility index (Phi) is 3.99. The highest BCUT2D eigenvalue weighted by Crippen LogP contribution is 2.26. The van der Waals surface area contributed by atoms with Crippen molar-refractivity contribution >= 4 is 5.97 Å². The van der Waals surface area contributed by atoms with E-state index in [-0.39, 0.29) is 5.56 Å². The first-order valence-electron chi connectivity index (χ1n) is 6.42. The summed E-state index contributed by atoms with van der Waals surface area (Å²) in [5.74, 6) is -0.587. The van der Waals surface area contributed by atoms with Crippen LogP contribution in [0.3, 0.4) is 0 Å². The van der Waals surface area contributed by atoms with Crippen LogP contribution in [0, 0.1) is 0 Å². The van der Waals surface area contributed by atoms with Gasteiger partial charge in [-0.2, -0.15) is 5.10 Å². The third kappa shape index (κ3) is 2.67. The zero-order valence-electron chi connectivity index (χ0n) is 11.1. The number of aromatic carboxylic acids is 1. The van der Waals surface area contributed by atoms with Crippen molar-refractivity contribution in [3.63, 3.8) is 0 Å². The molecule has 0 spiro atoms. The second-order valence-electron chi connectivity index (χ2n) is 4.38. The summed E-state index contributed by atoms with van der Waals surface area (Å²) < 4.78 is 6.93. The minimum absolute atomic E-state index is 0.151. The van der Waals surface area contributed by atoms with E-state index in [4.69, 9.17) is 4.52 Å². The zero-order valence-corrected chi connectivity index (χ0v) is 11.1. The minimum Gasteiger partial charge on any atom is -0.477 e. The fraction of sp³-hybridized carbons (Fsp3) is 0.462. The Morgan fingerprint density at radius 2 is 2.21 bits per heavy atom. The van der Waals surface area contributed by atoms with Crippen LogP contribution < -0.4 is 0 Å². The molecular formula is C13H17N3O3. The first kappa shape index (κ1) is 13.3. The number of hydrogen-bond donors (Lipinski definition) is 1. The fourth-order valence-electron chi connectivity index (χ4n) is 1.98. The van der Waals surface area contributed by atoms with E-state index in [1.165, 1.54) is 0 Å². The summed E-state index contributed by atoms with van der Waals surface area (Å²) in [6, 6.07) is 0. The molecule has 0 fully saturated rings. The van der Waals surface area contributed by atoms with Crippen molar-refractivity contribution in [2.24, 2.45) is 0 Å². The summed E-state index contributed by atoms with van der Waals surface area (Å²) in [5, 5.41) is 17.4. The molecule has 2 aromatic rings. The molecular weight excluding hydrogens is 246 g/mol. The molecule has 2 heterocycles. The number of aromatic nitrogens is 3. The minimum atomic E-state index is -1.01. The van der Waals surface area contributed by atoms with Crippen LogP contribution in [-0.2, 0) is 13.0 Å². The first-order chi connectivity index (χ1) is 9.17. The van der Waals surface area contributed by atoms with Gasteiger partial charge in [0.25, 0.3) is 0 Å². The Morgan fingerprint density at radius 1 is 1.42 bits per heavy atom. The van der Waals surface area contributed by atoms with Crippen LogP contribution in [0.1, 0.15) is 42.8 Å². The molecule has 0 bridgehead atoms. The van der Waals surface area contributed by atoms with E-state index in [0.717, 1.165) is 19.4 Å². The quantitative estimate of drug-likeness (QED) is 0.866. The molecule has 0 radical (unpaired) electrons. The maximum Gasteiger partial charge on any atom is 0.341 e. The van der Waals surface area contributed by atoms with Crippen LogP contribution in [0.25, 0.3) is 11.3 Å². The van der Waals surface area contributed by atoms with Crippen LogP contribution >= 0.6 is 0 Å². The summed E-state index contributed by atoms with van der Waals surface area (Å²) >= 11 is 0. The lowest BCUT2D eigenvalue weighted by molar-refractivity contribution is 0.0695. The maximum absolute atomic E-state index is 11.4. The molecule has 0 aromatic carbocycles. The van der Waals surface area contributed by atoms with Gasteiger partial charge in [-0.3, -0.25) is 4.68 Å². The molecule has 0 saturated heterocycles. The molecule has 0 aliphatic heterocycles. The molecule has 0 saturated carbocycles. The molecule has 19 heavy (non-hydrogen) atoms. The lowest BCUT2D eigenvalue weighted by Crippen LogP contribution is -2.01. The molecule has 6 nitrogen and oxygen atoms in total. The van der Waals surface area contributed by atoms with Gasteiger partial charge in [0.05, 0.1) is 6.20 Å². The van der Waals surface area contributed by atoms with Crippen LogP contribution in [0.2, 0.25) is 0 Å². The summed E-state index contributed by atoms with van der Waals surface area (Å²) in [6.07, 6.45) is 5.76. The highest BCUT2D eigenvalue weighted by Gasteiger charge is 2.23. The van der Waals surface area contributed by atoms with Gasteiger partial charge in [0.2, 0.25) is 0 Å². The van der Waals surface area contributed by atoms with Gasteiger partial charge in [-0.25, -0.2) is 4.79 Å². The molecule has 102 valence electrons. The Balaban J connectivity index is 2.40. The van der Waals surface area contributed by atoms with E-state index in [0.29, 0.717) is 23.4 Å². The van der Waals surface area contributed by atoms with Crippen LogP contribution in [0.4, 0.5) is 0 Å². The first-order valence-corrected chi connectivity index (χ1v) is 6.42. The third-order valence-corrected chi connectivity index (χ3v) is 2.81. The standard InChI is InChI=1S/C13H17N3O3/c1-3-5-10-11(13(17)18)12(15-19-10)9-7-14-16(8-9)6-4-2/h7-8H,3-6H2,1-2H3,(H,17,18). The average Bonchev–Trinajstić information content (AvgIpc) is 2.96. The number of carboxylic acid groups (broad SMARTS) is 1. The average molecular weight is 263 g/mol. The van der Waals surface area contributed by atoms with Gasteiger partial charge in [0, 0.05) is 24.7 Å². The second-order valence-corrected chi connectivity index (χ2v) is 4.38. The molecule has 1 N–H and O–H groups in total. The zero-order chi connectivity index (χ0) is 13.8. The third-order valence-electron chi connectivity index (χ3n) is 2.81. The van der Waals surface area contributed by atoms with Crippen LogP contribution in [0.15, 0.2) is 16.9 Å². The topological polar surface area (TPSA) is 81.2 Å². The molecule has 0 atom stereocenters. The van der Waals surface area contributed by atoms with Crippen molar-refractivity contribution in [2.45, 2.75) is 39.7 Å². The van der Waals surface area contributed by atoms with Gasteiger partial charge in [-0.15, -0.1) is 0 Å². The number of rotatable bonds is 6. The SMILES string of the molecule is CCCc1onc(-c2cnn(CCC)c2)c1C(=O)O. The molecule has 6 heteroatoms. The number of hydrogen-bond acceptors (Lipinski definition) is 4. The normalized spacial score (nSPS) is 10.8.